The lowest BCUT2D eigenvalue weighted by atomic mass is 10.1. The lowest BCUT2D eigenvalue weighted by molar-refractivity contribution is 0.0677. The maximum atomic E-state index is 12.4. The maximum Gasteiger partial charge on any atom is 0.254 e. The molecule has 0 bridgehead atoms. The van der Waals surface area contributed by atoms with Crippen LogP contribution < -0.4 is 0 Å². The van der Waals surface area contributed by atoms with Crippen molar-refractivity contribution < 1.29 is 9.90 Å². The van der Waals surface area contributed by atoms with Gasteiger partial charge in [-0.1, -0.05) is 12.1 Å². The first-order valence-corrected chi connectivity index (χ1v) is 6.77. The van der Waals surface area contributed by atoms with Gasteiger partial charge in [-0.05, 0) is 44.6 Å². The zero-order valence-corrected chi connectivity index (χ0v) is 11.7. The van der Waals surface area contributed by atoms with E-state index < -0.39 is 0 Å². The molecule has 1 atom stereocenters. The highest BCUT2D eigenvalue weighted by atomic mass is 16.3. The number of nitrogens with zero attached hydrogens (tertiary/aromatic N) is 2. The number of likely N-dealkylation sites (tertiary alicyclic amines) is 1. The number of carbonyl (C=O) groups is 1. The summed E-state index contributed by atoms with van der Waals surface area (Å²) >= 11 is 0. The molecule has 1 fully saturated rings. The predicted octanol–water partition coefficient (Wildman–Crippen LogP) is 1.35. The molecule has 0 aromatic heterocycles. The van der Waals surface area contributed by atoms with E-state index in [9.17, 15) is 9.90 Å². The topological polar surface area (TPSA) is 43.8 Å². The largest absolute Gasteiger partial charge is 0.394 e. The number of rotatable bonds is 4. The molecule has 0 radical (unpaired) electrons. The minimum atomic E-state index is -0.00560. The van der Waals surface area contributed by atoms with Crippen molar-refractivity contribution in [2.75, 3.05) is 27.2 Å². The van der Waals surface area contributed by atoms with E-state index in [2.05, 4.69) is 4.90 Å². The molecule has 0 aliphatic carbocycles. The fraction of sp³-hybridized carbons (Fsp3) is 0.533. The van der Waals surface area contributed by atoms with Crippen LogP contribution in [0.3, 0.4) is 0 Å². The Hall–Kier alpha value is -1.39. The average molecular weight is 262 g/mol. The van der Waals surface area contributed by atoms with Crippen molar-refractivity contribution in [3.63, 3.8) is 0 Å². The highest BCUT2D eigenvalue weighted by molar-refractivity contribution is 5.94. The summed E-state index contributed by atoms with van der Waals surface area (Å²) in [5.41, 5.74) is 1.91. The standard InChI is InChI=1S/C15H22N2O2/c1-16(2)10-12-5-7-13(8-6-12)15(19)17-9-3-4-14(17)11-18/h5-8,14,18H,3-4,9-11H2,1-2H3. The summed E-state index contributed by atoms with van der Waals surface area (Å²) in [7, 11) is 4.05. The van der Waals surface area contributed by atoms with Gasteiger partial charge in [-0.15, -0.1) is 0 Å². The van der Waals surface area contributed by atoms with E-state index in [1.165, 1.54) is 5.56 Å². The van der Waals surface area contributed by atoms with Crippen molar-refractivity contribution in [3.05, 3.63) is 35.4 Å². The van der Waals surface area contributed by atoms with Gasteiger partial charge in [0.25, 0.3) is 5.91 Å². The van der Waals surface area contributed by atoms with Crippen molar-refractivity contribution in [1.82, 2.24) is 9.80 Å². The fourth-order valence-electron chi connectivity index (χ4n) is 2.58. The molecule has 0 spiro atoms. The average Bonchev–Trinajstić information content (AvgIpc) is 2.86. The van der Waals surface area contributed by atoms with Gasteiger partial charge in [-0.25, -0.2) is 0 Å². The molecule has 1 aromatic rings. The van der Waals surface area contributed by atoms with Crippen LogP contribution in [0, 0.1) is 0 Å². The predicted molar refractivity (Wildman–Crippen MR) is 75.0 cm³/mol. The Morgan fingerprint density at radius 1 is 1.37 bits per heavy atom. The molecule has 1 heterocycles. The summed E-state index contributed by atoms with van der Waals surface area (Å²) in [6.45, 7) is 1.69. The molecule has 1 unspecified atom stereocenters. The maximum absolute atomic E-state index is 12.4. The molecule has 4 nitrogen and oxygen atoms in total. The summed E-state index contributed by atoms with van der Waals surface area (Å²) in [6.07, 6.45) is 1.89. The molecule has 104 valence electrons. The minimum Gasteiger partial charge on any atom is -0.394 e. The zero-order chi connectivity index (χ0) is 13.8. The second-order valence-corrected chi connectivity index (χ2v) is 5.41. The van der Waals surface area contributed by atoms with Gasteiger partial charge < -0.3 is 14.9 Å². The van der Waals surface area contributed by atoms with Crippen molar-refractivity contribution in [3.8, 4) is 0 Å². The van der Waals surface area contributed by atoms with E-state index in [1.54, 1.807) is 4.90 Å². The van der Waals surface area contributed by atoms with Gasteiger partial charge in [-0.2, -0.15) is 0 Å². The number of aliphatic hydroxyl groups excluding tert-OH is 1. The van der Waals surface area contributed by atoms with Crippen molar-refractivity contribution in [1.29, 1.82) is 0 Å². The highest BCUT2D eigenvalue weighted by Gasteiger charge is 2.28. The molecule has 1 aromatic carbocycles. The number of hydrogen-bond donors (Lipinski definition) is 1. The Morgan fingerprint density at radius 2 is 2.05 bits per heavy atom. The summed E-state index contributed by atoms with van der Waals surface area (Å²) < 4.78 is 0. The van der Waals surface area contributed by atoms with Gasteiger partial charge in [0.2, 0.25) is 0 Å². The first-order chi connectivity index (χ1) is 9.11. The molecule has 1 amide bonds. The van der Waals surface area contributed by atoms with Crippen molar-refractivity contribution in [2.24, 2.45) is 0 Å². The lowest BCUT2D eigenvalue weighted by Crippen LogP contribution is -2.37. The van der Waals surface area contributed by atoms with E-state index in [0.717, 1.165) is 25.9 Å². The summed E-state index contributed by atoms with van der Waals surface area (Å²) in [4.78, 5) is 16.2. The SMILES string of the molecule is CN(C)Cc1ccc(C(=O)N2CCCC2CO)cc1. The van der Waals surface area contributed by atoms with E-state index in [0.29, 0.717) is 5.56 Å². The smallest absolute Gasteiger partial charge is 0.254 e. The van der Waals surface area contributed by atoms with Crippen LogP contribution in [0.4, 0.5) is 0 Å². The van der Waals surface area contributed by atoms with Gasteiger partial charge >= 0.3 is 0 Å². The van der Waals surface area contributed by atoms with Crippen LogP contribution in [0.2, 0.25) is 0 Å². The Balaban J connectivity index is 2.07. The molecule has 19 heavy (non-hydrogen) atoms. The fourth-order valence-corrected chi connectivity index (χ4v) is 2.58. The van der Waals surface area contributed by atoms with E-state index in [4.69, 9.17) is 0 Å². The van der Waals surface area contributed by atoms with Crippen molar-refractivity contribution >= 4 is 5.91 Å². The zero-order valence-electron chi connectivity index (χ0n) is 11.7. The van der Waals surface area contributed by atoms with Gasteiger partial charge in [0.1, 0.15) is 0 Å². The first-order valence-electron chi connectivity index (χ1n) is 6.77. The Kier molecular flexibility index (Phi) is 4.56. The van der Waals surface area contributed by atoms with Crippen LogP contribution in [0.25, 0.3) is 0 Å². The van der Waals surface area contributed by atoms with E-state index in [-0.39, 0.29) is 18.6 Å². The molecule has 1 saturated heterocycles. The number of benzene rings is 1. The number of aliphatic hydroxyl groups is 1. The summed E-state index contributed by atoms with van der Waals surface area (Å²) in [5.74, 6) is 0.0351. The van der Waals surface area contributed by atoms with Crippen LogP contribution in [-0.2, 0) is 6.54 Å². The lowest BCUT2D eigenvalue weighted by Gasteiger charge is -2.23. The van der Waals surface area contributed by atoms with Gasteiger partial charge in [0.05, 0.1) is 12.6 Å². The minimum absolute atomic E-state index is 0.00560. The Morgan fingerprint density at radius 3 is 2.63 bits per heavy atom. The molecule has 0 saturated carbocycles. The second kappa shape index (κ2) is 6.17. The van der Waals surface area contributed by atoms with Crippen LogP contribution in [-0.4, -0.2) is 54.1 Å². The monoisotopic (exact) mass is 262 g/mol. The molecular weight excluding hydrogens is 240 g/mol. The Bertz CT molecular complexity index is 428. The van der Waals surface area contributed by atoms with Gasteiger partial charge in [0.15, 0.2) is 0 Å². The molecule has 1 N–H and O–H groups in total. The third-order valence-electron chi connectivity index (χ3n) is 3.55. The third-order valence-corrected chi connectivity index (χ3v) is 3.55. The molecule has 2 rings (SSSR count). The molecule has 4 heteroatoms. The third kappa shape index (κ3) is 3.33. The van der Waals surface area contributed by atoms with E-state index >= 15 is 0 Å². The Labute approximate surface area is 114 Å². The summed E-state index contributed by atoms with van der Waals surface area (Å²) in [5, 5.41) is 9.28. The van der Waals surface area contributed by atoms with Crippen LogP contribution in [0.15, 0.2) is 24.3 Å². The van der Waals surface area contributed by atoms with Crippen LogP contribution in [0.5, 0.6) is 0 Å². The summed E-state index contributed by atoms with van der Waals surface area (Å²) in [6, 6.07) is 7.75. The molecule has 1 aliphatic heterocycles. The molecule has 1 aliphatic rings. The quantitative estimate of drug-likeness (QED) is 0.890. The van der Waals surface area contributed by atoms with Gasteiger partial charge in [-0.3, -0.25) is 4.79 Å². The second-order valence-electron chi connectivity index (χ2n) is 5.41. The normalized spacial score (nSPS) is 19.2. The highest BCUT2D eigenvalue weighted by Crippen LogP contribution is 2.20. The van der Waals surface area contributed by atoms with Crippen molar-refractivity contribution in [2.45, 2.75) is 25.4 Å². The van der Waals surface area contributed by atoms with Crippen LogP contribution in [0.1, 0.15) is 28.8 Å². The number of amides is 1. The number of carbonyl (C=O) groups excluding carboxylic acids is 1. The van der Waals surface area contributed by atoms with Gasteiger partial charge in [0, 0.05) is 18.7 Å². The molecular formula is C15H22N2O2. The van der Waals surface area contributed by atoms with Crippen LogP contribution >= 0.6 is 0 Å². The first kappa shape index (κ1) is 14.0. The van der Waals surface area contributed by atoms with E-state index in [1.807, 2.05) is 38.4 Å². The number of hydrogen-bond acceptors (Lipinski definition) is 3.